The van der Waals surface area contributed by atoms with Crippen molar-refractivity contribution in [3.8, 4) is 0 Å². The van der Waals surface area contributed by atoms with Gasteiger partial charge >= 0.3 is 0 Å². The highest BCUT2D eigenvalue weighted by Gasteiger charge is 2.43. The number of carbonyl (C=O) groups excluding carboxylic acids is 1. The molecule has 0 radical (unpaired) electrons. The van der Waals surface area contributed by atoms with Crippen LogP contribution in [0.5, 0.6) is 0 Å². The minimum absolute atomic E-state index is 0.0753. The van der Waals surface area contributed by atoms with Gasteiger partial charge in [-0.1, -0.05) is 6.92 Å². The highest BCUT2D eigenvalue weighted by Crippen LogP contribution is 2.45. The third-order valence-electron chi connectivity index (χ3n) is 4.17. The third-order valence-corrected chi connectivity index (χ3v) is 4.17. The second kappa shape index (κ2) is 4.08. The van der Waals surface area contributed by atoms with Crippen molar-refractivity contribution >= 4 is 11.6 Å². The number of anilines is 1. The van der Waals surface area contributed by atoms with Crippen LogP contribution in [-0.4, -0.2) is 11.9 Å². The molecule has 2 atom stereocenters. The smallest absolute Gasteiger partial charge is 0.224 e. The van der Waals surface area contributed by atoms with Crippen LogP contribution < -0.4 is 4.90 Å². The summed E-state index contributed by atoms with van der Waals surface area (Å²) in [6, 6.07) is 5.09. The summed E-state index contributed by atoms with van der Waals surface area (Å²) in [6.07, 6.45) is 3.31. The molecule has 1 fully saturated rings. The molecule has 1 heterocycles. The summed E-state index contributed by atoms with van der Waals surface area (Å²) >= 11 is 0. The maximum atomic E-state index is 13.3. The molecule has 0 aromatic heterocycles. The van der Waals surface area contributed by atoms with Gasteiger partial charge in [0.15, 0.2) is 0 Å². The SMILES string of the molecule is CC(=O)N1c2ccc(F)cc2CC(C)C1C1CC1. The molecule has 0 N–H and O–H groups in total. The Morgan fingerprint density at radius 1 is 1.39 bits per heavy atom. The summed E-state index contributed by atoms with van der Waals surface area (Å²) < 4.78 is 13.3. The van der Waals surface area contributed by atoms with Crippen molar-refractivity contribution in [1.29, 1.82) is 0 Å². The quantitative estimate of drug-likeness (QED) is 0.746. The summed E-state index contributed by atoms with van der Waals surface area (Å²) in [5.74, 6) is 0.915. The average Bonchev–Trinajstić information content (AvgIpc) is 3.10. The van der Waals surface area contributed by atoms with Gasteiger partial charge in [-0.3, -0.25) is 4.79 Å². The van der Waals surface area contributed by atoms with Crippen LogP contribution in [0, 0.1) is 17.7 Å². The molecule has 1 aliphatic heterocycles. The van der Waals surface area contributed by atoms with E-state index in [4.69, 9.17) is 0 Å². The maximum Gasteiger partial charge on any atom is 0.224 e. The minimum atomic E-state index is -0.214. The Morgan fingerprint density at radius 3 is 2.72 bits per heavy atom. The van der Waals surface area contributed by atoms with Gasteiger partial charge < -0.3 is 4.90 Å². The normalized spacial score (nSPS) is 26.9. The van der Waals surface area contributed by atoms with Crippen LogP contribution >= 0.6 is 0 Å². The van der Waals surface area contributed by atoms with E-state index in [1.807, 2.05) is 4.90 Å². The lowest BCUT2D eigenvalue weighted by Gasteiger charge is -2.41. The molecule has 0 bridgehead atoms. The number of rotatable bonds is 1. The van der Waals surface area contributed by atoms with E-state index in [-0.39, 0.29) is 11.7 Å². The largest absolute Gasteiger partial charge is 0.309 e. The van der Waals surface area contributed by atoms with Gasteiger partial charge in [-0.25, -0.2) is 4.39 Å². The number of hydrogen-bond donors (Lipinski definition) is 0. The van der Waals surface area contributed by atoms with Gasteiger partial charge in [0.25, 0.3) is 0 Å². The lowest BCUT2D eigenvalue weighted by molar-refractivity contribution is -0.117. The molecule has 3 rings (SSSR count). The van der Waals surface area contributed by atoms with Crippen molar-refractivity contribution in [3.63, 3.8) is 0 Å². The van der Waals surface area contributed by atoms with Crippen molar-refractivity contribution in [1.82, 2.24) is 0 Å². The van der Waals surface area contributed by atoms with Crippen LogP contribution in [0.15, 0.2) is 18.2 Å². The first-order valence-electron chi connectivity index (χ1n) is 6.66. The molecule has 1 amide bonds. The van der Waals surface area contributed by atoms with E-state index in [2.05, 4.69) is 6.92 Å². The van der Waals surface area contributed by atoms with Crippen molar-refractivity contribution in [3.05, 3.63) is 29.6 Å². The van der Waals surface area contributed by atoms with E-state index in [1.54, 1.807) is 19.1 Å². The van der Waals surface area contributed by atoms with Crippen LogP contribution in [0.1, 0.15) is 32.3 Å². The Bertz CT molecular complexity index is 495. The summed E-state index contributed by atoms with van der Waals surface area (Å²) in [6.45, 7) is 3.79. The standard InChI is InChI=1S/C15H18FNO/c1-9-7-12-8-13(16)5-6-14(12)17(10(2)18)15(9)11-3-4-11/h5-6,8-9,11,15H,3-4,7H2,1-2H3. The zero-order valence-electron chi connectivity index (χ0n) is 10.8. The molecular formula is C15H18FNO. The van der Waals surface area contributed by atoms with Gasteiger partial charge in [0, 0.05) is 18.7 Å². The van der Waals surface area contributed by atoms with Gasteiger partial charge in [0.05, 0.1) is 0 Å². The van der Waals surface area contributed by atoms with Gasteiger partial charge in [-0.05, 0) is 54.9 Å². The molecule has 1 aromatic carbocycles. The maximum absolute atomic E-state index is 13.3. The molecule has 0 spiro atoms. The molecule has 18 heavy (non-hydrogen) atoms. The fourth-order valence-electron chi connectivity index (χ4n) is 3.33. The molecular weight excluding hydrogens is 229 g/mol. The summed E-state index contributed by atoms with van der Waals surface area (Å²) in [7, 11) is 0. The average molecular weight is 247 g/mol. The van der Waals surface area contributed by atoms with Crippen LogP contribution in [0.25, 0.3) is 0 Å². The number of amides is 1. The zero-order chi connectivity index (χ0) is 12.9. The van der Waals surface area contributed by atoms with E-state index >= 15 is 0 Å². The van der Waals surface area contributed by atoms with E-state index < -0.39 is 0 Å². The van der Waals surface area contributed by atoms with E-state index in [9.17, 15) is 9.18 Å². The first-order chi connectivity index (χ1) is 8.58. The van der Waals surface area contributed by atoms with Crippen molar-refractivity contribution in [2.24, 2.45) is 11.8 Å². The first-order valence-corrected chi connectivity index (χ1v) is 6.66. The fraction of sp³-hybridized carbons (Fsp3) is 0.533. The molecule has 1 aliphatic carbocycles. The Kier molecular flexibility index (Phi) is 2.65. The van der Waals surface area contributed by atoms with E-state index in [0.717, 1.165) is 17.7 Å². The first kappa shape index (κ1) is 11.7. The summed E-state index contributed by atoms with van der Waals surface area (Å²) in [5.41, 5.74) is 1.88. The highest BCUT2D eigenvalue weighted by atomic mass is 19.1. The monoisotopic (exact) mass is 247 g/mol. The molecule has 2 aliphatic rings. The van der Waals surface area contributed by atoms with Gasteiger partial charge in [0.2, 0.25) is 5.91 Å². The molecule has 1 aromatic rings. The highest BCUT2D eigenvalue weighted by molar-refractivity contribution is 5.93. The van der Waals surface area contributed by atoms with E-state index in [1.165, 1.54) is 18.9 Å². The summed E-state index contributed by atoms with van der Waals surface area (Å²) in [4.78, 5) is 13.9. The molecule has 96 valence electrons. The van der Waals surface area contributed by atoms with Gasteiger partial charge in [-0.2, -0.15) is 0 Å². The van der Waals surface area contributed by atoms with Crippen molar-refractivity contribution in [2.75, 3.05) is 4.90 Å². The predicted molar refractivity (Wildman–Crippen MR) is 68.9 cm³/mol. The second-order valence-electron chi connectivity index (χ2n) is 5.67. The Hall–Kier alpha value is -1.38. The second-order valence-corrected chi connectivity index (χ2v) is 5.67. The number of benzene rings is 1. The third kappa shape index (κ3) is 1.82. The van der Waals surface area contributed by atoms with E-state index in [0.29, 0.717) is 17.9 Å². The lowest BCUT2D eigenvalue weighted by Crippen LogP contribution is -2.48. The predicted octanol–water partition coefficient (Wildman–Crippen LogP) is 3.15. The number of fused-ring (bicyclic) bond motifs is 1. The van der Waals surface area contributed by atoms with Crippen molar-refractivity contribution in [2.45, 2.75) is 39.2 Å². The van der Waals surface area contributed by atoms with Crippen LogP contribution in [0.3, 0.4) is 0 Å². The summed E-state index contributed by atoms with van der Waals surface area (Å²) in [5, 5.41) is 0. The molecule has 3 heteroatoms. The lowest BCUT2D eigenvalue weighted by atomic mass is 9.84. The van der Waals surface area contributed by atoms with Gasteiger partial charge in [0.1, 0.15) is 5.82 Å². The number of hydrogen-bond acceptors (Lipinski definition) is 1. The topological polar surface area (TPSA) is 20.3 Å². The van der Waals surface area contributed by atoms with Crippen LogP contribution in [0.2, 0.25) is 0 Å². The Morgan fingerprint density at radius 2 is 2.11 bits per heavy atom. The van der Waals surface area contributed by atoms with Crippen LogP contribution in [0.4, 0.5) is 10.1 Å². The van der Waals surface area contributed by atoms with Crippen molar-refractivity contribution < 1.29 is 9.18 Å². The minimum Gasteiger partial charge on any atom is -0.309 e. The van der Waals surface area contributed by atoms with Gasteiger partial charge in [-0.15, -0.1) is 0 Å². The Balaban J connectivity index is 2.07. The number of halogens is 1. The fourth-order valence-corrected chi connectivity index (χ4v) is 3.33. The molecule has 2 unspecified atom stereocenters. The molecule has 1 saturated carbocycles. The number of nitrogens with zero attached hydrogens (tertiary/aromatic N) is 1. The van der Waals surface area contributed by atoms with Crippen LogP contribution in [-0.2, 0) is 11.2 Å². The number of carbonyl (C=O) groups is 1. The zero-order valence-corrected chi connectivity index (χ0v) is 10.8. The molecule has 0 saturated heterocycles. The molecule has 2 nitrogen and oxygen atoms in total. The Labute approximate surface area is 107 Å².